The van der Waals surface area contributed by atoms with Gasteiger partial charge < -0.3 is 14.6 Å². The van der Waals surface area contributed by atoms with Crippen molar-refractivity contribution in [2.45, 2.75) is 65.3 Å². The summed E-state index contributed by atoms with van der Waals surface area (Å²) in [6.45, 7) is 7.52. The summed E-state index contributed by atoms with van der Waals surface area (Å²) in [5.74, 6) is -1.82. The fourth-order valence-electron chi connectivity index (χ4n) is 4.58. The van der Waals surface area contributed by atoms with Crippen LogP contribution in [0.25, 0.3) is 0 Å². The Bertz CT molecular complexity index is 565. The van der Waals surface area contributed by atoms with Gasteiger partial charge in [0.15, 0.2) is 0 Å². The maximum Gasteiger partial charge on any atom is 0.336 e. The van der Waals surface area contributed by atoms with Crippen molar-refractivity contribution < 1.29 is 24.2 Å². The molecule has 2 aliphatic carbocycles. The van der Waals surface area contributed by atoms with E-state index in [-0.39, 0.29) is 23.4 Å². The predicted molar refractivity (Wildman–Crippen MR) is 78.5 cm³/mol. The molecule has 0 saturated heterocycles. The first-order chi connectivity index (χ1) is 10.2. The molecular formula is C17H24O5. The van der Waals surface area contributed by atoms with E-state index in [0.29, 0.717) is 29.9 Å². The molecule has 3 rings (SSSR count). The Morgan fingerprint density at radius 1 is 1.41 bits per heavy atom. The number of carbonyl (C=O) groups excluding carboxylic acids is 2. The van der Waals surface area contributed by atoms with Gasteiger partial charge in [0, 0.05) is 30.4 Å². The van der Waals surface area contributed by atoms with E-state index in [4.69, 9.17) is 9.47 Å². The first kappa shape index (κ1) is 15.5. The molecule has 0 radical (unpaired) electrons. The van der Waals surface area contributed by atoms with Crippen LogP contribution in [0.4, 0.5) is 0 Å². The Labute approximate surface area is 130 Å². The summed E-state index contributed by atoms with van der Waals surface area (Å²) in [5, 5.41) is 10.8. The van der Waals surface area contributed by atoms with Crippen molar-refractivity contribution in [1.82, 2.24) is 0 Å². The third kappa shape index (κ3) is 2.09. The lowest BCUT2D eigenvalue weighted by molar-refractivity contribution is -0.218. The minimum absolute atomic E-state index is 0.00685. The summed E-state index contributed by atoms with van der Waals surface area (Å²) in [7, 11) is 0. The number of hydrogen-bond acceptors (Lipinski definition) is 5. The second-order valence-electron chi connectivity index (χ2n) is 7.40. The van der Waals surface area contributed by atoms with E-state index in [1.807, 2.05) is 0 Å². The quantitative estimate of drug-likeness (QED) is 0.753. The van der Waals surface area contributed by atoms with E-state index >= 15 is 0 Å². The van der Waals surface area contributed by atoms with Gasteiger partial charge in [-0.3, -0.25) is 4.79 Å². The highest BCUT2D eigenvalue weighted by Crippen LogP contribution is 2.59. The first-order valence-corrected chi connectivity index (χ1v) is 8.00. The fourth-order valence-corrected chi connectivity index (χ4v) is 4.58. The normalized spacial score (nSPS) is 44.2. The van der Waals surface area contributed by atoms with E-state index in [1.165, 1.54) is 6.92 Å². The molecule has 5 heteroatoms. The fraction of sp³-hybridized carbons (Fsp3) is 0.765. The molecule has 0 aromatic rings. The summed E-state index contributed by atoms with van der Waals surface area (Å²) < 4.78 is 10.8. The largest absolute Gasteiger partial charge is 0.462 e. The molecule has 1 heterocycles. The molecule has 122 valence electrons. The molecule has 0 bridgehead atoms. The SMILES string of the molecule is CC(=O)O[C@@H]1CC[C@H](C)[C@@]2(C)CC3=C(C)C(=O)O[C@]3(O)C[C@H]12. The number of hydrogen-bond donors (Lipinski definition) is 1. The van der Waals surface area contributed by atoms with Crippen molar-refractivity contribution >= 4 is 11.9 Å². The van der Waals surface area contributed by atoms with Gasteiger partial charge in [-0.1, -0.05) is 13.8 Å². The van der Waals surface area contributed by atoms with E-state index in [2.05, 4.69) is 13.8 Å². The zero-order valence-corrected chi connectivity index (χ0v) is 13.6. The van der Waals surface area contributed by atoms with Crippen molar-refractivity contribution in [2.24, 2.45) is 17.3 Å². The lowest BCUT2D eigenvalue weighted by atomic mass is 9.53. The summed E-state index contributed by atoms with van der Waals surface area (Å²) in [6, 6.07) is 0. The Kier molecular flexibility index (Phi) is 3.40. The van der Waals surface area contributed by atoms with Crippen LogP contribution in [0, 0.1) is 17.3 Å². The molecule has 1 N–H and O–H groups in total. The van der Waals surface area contributed by atoms with Crippen molar-refractivity contribution in [3.63, 3.8) is 0 Å². The summed E-state index contributed by atoms with van der Waals surface area (Å²) in [4.78, 5) is 23.3. The van der Waals surface area contributed by atoms with Crippen LogP contribution in [-0.2, 0) is 19.1 Å². The van der Waals surface area contributed by atoms with Crippen LogP contribution in [0.3, 0.4) is 0 Å². The molecule has 1 aliphatic heterocycles. The molecule has 0 spiro atoms. The van der Waals surface area contributed by atoms with Gasteiger partial charge in [0.1, 0.15) is 6.10 Å². The maximum absolute atomic E-state index is 11.9. The zero-order chi connectivity index (χ0) is 16.3. The Hall–Kier alpha value is -1.36. The predicted octanol–water partition coefficient (Wildman–Crippen LogP) is 2.33. The van der Waals surface area contributed by atoms with Crippen LogP contribution in [0.2, 0.25) is 0 Å². The zero-order valence-electron chi connectivity index (χ0n) is 13.6. The third-order valence-corrected chi connectivity index (χ3v) is 6.17. The van der Waals surface area contributed by atoms with Crippen LogP contribution in [0.5, 0.6) is 0 Å². The van der Waals surface area contributed by atoms with Gasteiger partial charge in [0.2, 0.25) is 5.79 Å². The first-order valence-electron chi connectivity index (χ1n) is 8.00. The van der Waals surface area contributed by atoms with Gasteiger partial charge in [-0.05, 0) is 37.5 Å². The van der Waals surface area contributed by atoms with Crippen molar-refractivity contribution in [3.05, 3.63) is 11.1 Å². The molecule has 5 atom stereocenters. The monoisotopic (exact) mass is 308 g/mol. The van der Waals surface area contributed by atoms with Crippen LogP contribution < -0.4 is 0 Å². The van der Waals surface area contributed by atoms with Crippen molar-refractivity contribution in [2.75, 3.05) is 0 Å². The van der Waals surface area contributed by atoms with E-state index in [1.54, 1.807) is 6.92 Å². The van der Waals surface area contributed by atoms with Gasteiger partial charge in [0.05, 0.1) is 0 Å². The summed E-state index contributed by atoms with van der Waals surface area (Å²) >= 11 is 0. The second-order valence-corrected chi connectivity index (χ2v) is 7.40. The van der Waals surface area contributed by atoms with E-state index < -0.39 is 11.8 Å². The molecule has 2 fully saturated rings. The summed E-state index contributed by atoms with van der Waals surface area (Å²) in [6.07, 6.45) is 2.48. The van der Waals surface area contributed by atoms with E-state index in [0.717, 1.165) is 12.8 Å². The Morgan fingerprint density at radius 3 is 2.73 bits per heavy atom. The third-order valence-electron chi connectivity index (χ3n) is 6.17. The minimum Gasteiger partial charge on any atom is -0.462 e. The standard InChI is InChI=1S/C17H24O5/c1-9-5-6-14(21-11(3)18)13-8-17(20)12(7-16(9,13)4)10(2)15(19)22-17/h9,13-14,20H,5-8H2,1-4H3/t9-,13+,14+,16+,17+/m0/s1. The van der Waals surface area contributed by atoms with Crippen LogP contribution in [0.15, 0.2) is 11.1 Å². The maximum atomic E-state index is 11.9. The van der Waals surface area contributed by atoms with Gasteiger partial charge >= 0.3 is 11.9 Å². The smallest absolute Gasteiger partial charge is 0.336 e. The molecule has 0 aromatic carbocycles. The van der Waals surface area contributed by atoms with Gasteiger partial charge in [-0.2, -0.15) is 0 Å². The van der Waals surface area contributed by atoms with Crippen molar-refractivity contribution in [1.29, 1.82) is 0 Å². The van der Waals surface area contributed by atoms with Gasteiger partial charge in [-0.15, -0.1) is 0 Å². The lowest BCUT2D eigenvalue weighted by Gasteiger charge is -2.55. The molecule has 2 saturated carbocycles. The number of aliphatic hydroxyl groups is 1. The number of ether oxygens (including phenoxy) is 2. The number of fused-ring (bicyclic) bond motifs is 2. The number of carbonyl (C=O) groups is 2. The van der Waals surface area contributed by atoms with Crippen LogP contribution >= 0.6 is 0 Å². The molecule has 22 heavy (non-hydrogen) atoms. The number of rotatable bonds is 1. The average Bonchev–Trinajstić information content (AvgIpc) is 2.63. The highest BCUT2D eigenvalue weighted by atomic mass is 16.7. The average molecular weight is 308 g/mol. The highest BCUT2D eigenvalue weighted by molar-refractivity contribution is 5.92. The Balaban J connectivity index is 1.99. The topological polar surface area (TPSA) is 72.8 Å². The summed E-state index contributed by atoms with van der Waals surface area (Å²) in [5.41, 5.74) is 1.14. The molecule has 0 unspecified atom stereocenters. The molecule has 3 aliphatic rings. The van der Waals surface area contributed by atoms with Crippen LogP contribution in [-0.4, -0.2) is 28.9 Å². The number of esters is 2. The molecule has 0 amide bonds. The highest BCUT2D eigenvalue weighted by Gasteiger charge is 2.60. The van der Waals surface area contributed by atoms with Gasteiger partial charge in [0.25, 0.3) is 0 Å². The minimum atomic E-state index is -1.51. The molecule has 0 aromatic heterocycles. The molecule has 5 nitrogen and oxygen atoms in total. The second kappa shape index (κ2) is 4.82. The van der Waals surface area contributed by atoms with Crippen molar-refractivity contribution in [3.8, 4) is 0 Å². The van der Waals surface area contributed by atoms with Crippen LogP contribution in [0.1, 0.15) is 53.4 Å². The molecular weight excluding hydrogens is 284 g/mol. The Morgan fingerprint density at radius 2 is 2.09 bits per heavy atom. The van der Waals surface area contributed by atoms with E-state index in [9.17, 15) is 14.7 Å². The van der Waals surface area contributed by atoms with Gasteiger partial charge in [-0.25, -0.2) is 4.79 Å². The lowest BCUT2D eigenvalue weighted by Crippen LogP contribution is -2.55.